The first-order valence-electron chi connectivity index (χ1n) is 6.87. The molecule has 0 amide bonds. The van der Waals surface area contributed by atoms with Crippen LogP contribution in [0, 0.1) is 13.8 Å². The summed E-state index contributed by atoms with van der Waals surface area (Å²) in [5, 5.41) is 11.9. The molecule has 0 aliphatic carbocycles. The average Bonchev–Trinajstić information content (AvgIpc) is 2.37. The molecular weight excluding hydrogens is 260 g/mol. The Bertz CT molecular complexity index is 407. The van der Waals surface area contributed by atoms with Gasteiger partial charge in [-0.05, 0) is 65.3 Å². The van der Waals surface area contributed by atoms with E-state index in [0.29, 0.717) is 11.2 Å². The molecule has 4 nitrogen and oxygen atoms in total. The van der Waals surface area contributed by atoms with Gasteiger partial charge in [-0.25, -0.2) is 0 Å². The van der Waals surface area contributed by atoms with Gasteiger partial charge >= 0.3 is 0 Å². The first kappa shape index (κ1) is 16.2. The third-order valence-corrected chi connectivity index (χ3v) is 3.94. The van der Waals surface area contributed by atoms with E-state index in [1.54, 1.807) is 0 Å². The molecule has 1 aromatic heterocycles. The minimum absolute atomic E-state index is 0.488. The molecule has 0 fully saturated rings. The number of hydrogen-bond acceptors (Lipinski definition) is 4. The van der Waals surface area contributed by atoms with E-state index in [4.69, 9.17) is 11.6 Å². The van der Waals surface area contributed by atoms with Crippen LogP contribution in [-0.2, 0) is 0 Å². The first-order chi connectivity index (χ1) is 8.93. The fourth-order valence-electron chi connectivity index (χ4n) is 1.70. The number of nitrogens with zero attached hydrogens (tertiary/aromatic N) is 3. The van der Waals surface area contributed by atoms with Crippen LogP contribution in [0.3, 0.4) is 0 Å². The van der Waals surface area contributed by atoms with Crippen molar-refractivity contribution >= 4 is 17.4 Å². The maximum absolute atomic E-state index is 5.93. The zero-order chi connectivity index (χ0) is 14.4. The summed E-state index contributed by atoms with van der Waals surface area (Å²) in [5.74, 6) is 0.846. The molecule has 0 radical (unpaired) electrons. The predicted octanol–water partition coefficient (Wildman–Crippen LogP) is 3.28. The zero-order valence-electron chi connectivity index (χ0n) is 12.6. The Morgan fingerprint density at radius 1 is 1.16 bits per heavy atom. The lowest BCUT2D eigenvalue weighted by atomic mass is 10.2. The molecule has 0 aromatic carbocycles. The second-order valence-corrected chi connectivity index (χ2v) is 5.66. The van der Waals surface area contributed by atoms with Crippen LogP contribution in [0.2, 0.25) is 5.15 Å². The topological polar surface area (TPSA) is 41.1 Å². The first-order valence-corrected chi connectivity index (χ1v) is 7.24. The van der Waals surface area contributed by atoms with Crippen LogP contribution in [0.4, 0.5) is 5.82 Å². The van der Waals surface area contributed by atoms with Gasteiger partial charge in [-0.2, -0.15) is 0 Å². The van der Waals surface area contributed by atoms with E-state index < -0.39 is 0 Å². The summed E-state index contributed by atoms with van der Waals surface area (Å²) in [4.78, 5) is 2.36. The fourth-order valence-corrected chi connectivity index (χ4v) is 1.87. The lowest BCUT2D eigenvalue weighted by molar-refractivity contribution is 0.269. The minimum Gasteiger partial charge on any atom is -0.368 e. The van der Waals surface area contributed by atoms with Crippen LogP contribution in [0.15, 0.2) is 0 Å². The summed E-state index contributed by atoms with van der Waals surface area (Å²) in [6, 6.07) is 0.611. The summed E-state index contributed by atoms with van der Waals surface area (Å²) >= 11 is 5.93. The molecular formula is C14H25ClN4. The van der Waals surface area contributed by atoms with Crippen molar-refractivity contribution in [2.75, 3.05) is 25.5 Å². The van der Waals surface area contributed by atoms with Crippen molar-refractivity contribution in [3.05, 3.63) is 16.3 Å². The fraction of sp³-hybridized carbons (Fsp3) is 0.714. The second kappa shape index (κ2) is 7.65. The quantitative estimate of drug-likeness (QED) is 0.780. The van der Waals surface area contributed by atoms with Gasteiger partial charge in [0.25, 0.3) is 0 Å². The maximum atomic E-state index is 5.93. The normalized spacial score (nSPS) is 11.4. The number of rotatable bonds is 7. The molecule has 1 aromatic rings. The highest BCUT2D eigenvalue weighted by Gasteiger charge is 2.07. The van der Waals surface area contributed by atoms with Crippen molar-refractivity contribution in [1.29, 1.82) is 0 Å². The third kappa shape index (κ3) is 4.96. The summed E-state index contributed by atoms with van der Waals surface area (Å²) in [6.07, 6.45) is 2.31. The van der Waals surface area contributed by atoms with E-state index in [0.717, 1.165) is 36.5 Å². The van der Waals surface area contributed by atoms with Crippen molar-refractivity contribution in [2.24, 2.45) is 0 Å². The van der Waals surface area contributed by atoms with Crippen molar-refractivity contribution in [2.45, 2.75) is 46.6 Å². The molecule has 1 heterocycles. The van der Waals surface area contributed by atoms with Gasteiger partial charge in [0.05, 0.1) is 0 Å². The van der Waals surface area contributed by atoms with Crippen molar-refractivity contribution < 1.29 is 0 Å². The molecule has 0 spiro atoms. The Morgan fingerprint density at radius 2 is 1.84 bits per heavy atom. The number of anilines is 1. The Morgan fingerprint density at radius 3 is 2.47 bits per heavy atom. The van der Waals surface area contributed by atoms with Gasteiger partial charge in [0.2, 0.25) is 0 Å². The summed E-state index contributed by atoms with van der Waals surface area (Å²) in [7, 11) is 2.16. The van der Waals surface area contributed by atoms with E-state index in [2.05, 4.69) is 41.3 Å². The number of halogens is 1. The molecule has 19 heavy (non-hydrogen) atoms. The van der Waals surface area contributed by atoms with E-state index >= 15 is 0 Å². The standard InChI is InChI=1S/C14H25ClN4/c1-10(2)19(5)9-7-6-8-16-14-12(4)11(3)13(15)17-18-14/h10H,6-9H2,1-5H3,(H,16,18). The molecule has 0 aliphatic heterocycles. The monoisotopic (exact) mass is 284 g/mol. The number of aromatic nitrogens is 2. The zero-order valence-corrected chi connectivity index (χ0v) is 13.4. The number of unbranched alkanes of at least 4 members (excludes halogenated alkanes) is 1. The molecule has 0 bridgehead atoms. The Balaban J connectivity index is 2.32. The largest absolute Gasteiger partial charge is 0.368 e. The minimum atomic E-state index is 0.488. The summed E-state index contributed by atoms with van der Waals surface area (Å²) in [5.41, 5.74) is 2.08. The van der Waals surface area contributed by atoms with Gasteiger partial charge in [0.1, 0.15) is 0 Å². The Hall–Kier alpha value is -0.870. The lowest BCUT2D eigenvalue weighted by Crippen LogP contribution is -2.27. The third-order valence-electron chi connectivity index (χ3n) is 3.58. The SMILES string of the molecule is Cc1c(Cl)nnc(NCCCCN(C)C(C)C)c1C. The highest BCUT2D eigenvalue weighted by molar-refractivity contribution is 6.30. The maximum Gasteiger partial charge on any atom is 0.155 e. The smallest absolute Gasteiger partial charge is 0.155 e. The van der Waals surface area contributed by atoms with Crippen LogP contribution >= 0.6 is 11.6 Å². The molecule has 0 saturated carbocycles. The van der Waals surface area contributed by atoms with Crippen LogP contribution in [0.25, 0.3) is 0 Å². The number of hydrogen-bond donors (Lipinski definition) is 1. The van der Waals surface area contributed by atoms with E-state index in [9.17, 15) is 0 Å². The van der Waals surface area contributed by atoms with Gasteiger partial charge in [-0.3, -0.25) is 0 Å². The van der Waals surface area contributed by atoms with Gasteiger partial charge in [0.15, 0.2) is 11.0 Å². The molecule has 0 atom stereocenters. The van der Waals surface area contributed by atoms with Gasteiger partial charge in [-0.1, -0.05) is 11.6 Å². The molecule has 0 unspecified atom stereocenters. The van der Waals surface area contributed by atoms with Crippen LogP contribution in [0.5, 0.6) is 0 Å². The highest BCUT2D eigenvalue weighted by atomic mass is 35.5. The van der Waals surface area contributed by atoms with Crippen molar-refractivity contribution in [3.8, 4) is 0 Å². The van der Waals surface area contributed by atoms with Crippen molar-refractivity contribution in [1.82, 2.24) is 15.1 Å². The molecule has 0 saturated heterocycles. The Kier molecular flexibility index (Phi) is 6.52. The van der Waals surface area contributed by atoms with Gasteiger partial charge in [0, 0.05) is 12.6 Å². The van der Waals surface area contributed by atoms with Crippen LogP contribution < -0.4 is 5.32 Å². The average molecular weight is 285 g/mol. The molecule has 108 valence electrons. The highest BCUT2D eigenvalue weighted by Crippen LogP contribution is 2.20. The number of nitrogens with one attached hydrogen (secondary N) is 1. The lowest BCUT2D eigenvalue weighted by Gasteiger charge is -2.20. The van der Waals surface area contributed by atoms with Crippen LogP contribution in [-0.4, -0.2) is 41.3 Å². The second-order valence-electron chi connectivity index (χ2n) is 5.30. The van der Waals surface area contributed by atoms with E-state index in [1.807, 2.05) is 13.8 Å². The molecule has 1 N–H and O–H groups in total. The van der Waals surface area contributed by atoms with E-state index in [-0.39, 0.29) is 0 Å². The van der Waals surface area contributed by atoms with Crippen LogP contribution in [0.1, 0.15) is 37.8 Å². The Labute approximate surface area is 121 Å². The summed E-state index contributed by atoms with van der Waals surface area (Å²) < 4.78 is 0. The molecule has 1 rings (SSSR count). The molecule has 5 heteroatoms. The van der Waals surface area contributed by atoms with E-state index in [1.165, 1.54) is 6.42 Å². The summed E-state index contributed by atoms with van der Waals surface area (Å²) in [6.45, 7) is 10.5. The van der Waals surface area contributed by atoms with Gasteiger partial charge in [-0.15, -0.1) is 10.2 Å². The molecule has 0 aliphatic rings. The van der Waals surface area contributed by atoms with Gasteiger partial charge < -0.3 is 10.2 Å². The predicted molar refractivity (Wildman–Crippen MR) is 82.0 cm³/mol. The van der Waals surface area contributed by atoms with Crippen molar-refractivity contribution in [3.63, 3.8) is 0 Å².